The summed E-state index contributed by atoms with van der Waals surface area (Å²) in [5, 5.41) is 0. The van der Waals surface area contributed by atoms with Crippen LogP contribution in [0.3, 0.4) is 0 Å². The Morgan fingerprint density at radius 2 is 1.52 bits per heavy atom. The topological polar surface area (TPSA) is 31.4 Å². The molecule has 1 fully saturated rings. The van der Waals surface area contributed by atoms with Gasteiger partial charge in [0.15, 0.2) is 0 Å². The standard InChI is InChI=1S/C19H24BNO2/c1-6-14-7-9-15(10-8-14)16-11-17(13-21-12-16)20-22-18(2,3)19(4,5)23-20/h7-13H,6H2,1-5H3. The number of hydrogen-bond donors (Lipinski definition) is 0. The van der Waals surface area contributed by atoms with Crippen LogP contribution in [0.5, 0.6) is 0 Å². The summed E-state index contributed by atoms with van der Waals surface area (Å²) >= 11 is 0. The first-order valence-electron chi connectivity index (χ1n) is 8.22. The average molecular weight is 309 g/mol. The molecule has 0 bridgehead atoms. The lowest BCUT2D eigenvalue weighted by atomic mass is 9.79. The van der Waals surface area contributed by atoms with Gasteiger partial charge in [-0.2, -0.15) is 0 Å². The molecule has 0 unspecified atom stereocenters. The van der Waals surface area contributed by atoms with Crippen molar-refractivity contribution in [1.82, 2.24) is 4.98 Å². The maximum atomic E-state index is 6.12. The van der Waals surface area contributed by atoms with Gasteiger partial charge >= 0.3 is 7.12 Å². The highest BCUT2D eigenvalue weighted by atomic mass is 16.7. The Labute approximate surface area is 139 Å². The van der Waals surface area contributed by atoms with E-state index < -0.39 is 0 Å². The minimum Gasteiger partial charge on any atom is -0.399 e. The molecule has 1 aliphatic rings. The molecule has 0 atom stereocenters. The Hall–Kier alpha value is -1.65. The van der Waals surface area contributed by atoms with Crippen LogP contribution in [0, 0.1) is 0 Å². The molecule has 1 aromatic carbocycles. The molecule has 0 spiro atoms. The van der Waals surface area contributed by atoms with Crippen LogP contribution in [-0.4, -0.2) is 23.3 Å². The SMILES string of the molecule is CCc1ccc(-c2cncc(B3OC(C)(C)C(C)(C)O3)c2)cc1. The van der Waals surface area contributed by atoms with Gasteiger partial charge in [0, 0.05) is 17.9 Å². The smallest absolute Gasteiger partial charge is 0.399 e. The molecule has 0 amide bonds. The van der Waals surface area contributed by atoms with Crippen molar-refractivity contribution in [3.8, 4) is 11.1 Å². The van der Waals surface area contributed by atoms with Crippen molar-refractivity contribution in [2.45, 2.75) is 52.2 Å². The van der Waals surface area contributed by atoms with Crippen molar-refractivity contribution in [2.75, 3.05) is 0 Å². The molecule has 4 heteroatoms. The van der Waals surface area contributed by atoms with Crippen LogP contribution in [0.4, 0.5) is 0 Å². The van der Waals surface area contributed by atoms with Crippen molar-refractivity contribution < 1.29 is 9.31 Å². The fourth-order valence-corrected chi connectivity index (χ4v) is 2.66. The molecule has 120 valence electrons. The molecular formula is C19H24BNO2. The normalized spacial score (nSPS) is 19.1. The lowest BCUT2D eigenvalue weighted by Crippen LogP contribution is -2.41. The monoisotopic (exact) mass is 309 g/mol. The summed E-state index contributed by atoms with van der Waals surface area (Å²) in [5.74, 6) is 0. The van der Waals surface area contributed by atoms with Crippen LogP contribution in [0.25, 0.3) is 11.1 Å². The zero-order chi connectivity index (χ0) is 16.7. The van der Waals surface area contributed by atoms with Crippen LogP contribution < -0.4 is 5.46 Å². The molecule has 0 radical (unpaired) electrons. The molecular weight excluding hydrogens is 285 g/mol. The first kappa shape index (κ1) is 16.2. The van der Waals surface area contributed by atoms with Crippen LogP contribution in [0.1, 0.15) is 40.2 Å². The molecule has 3 nitrogen and oxygen atoms in total. The first-order chi connectivity index (χ1) is 10.8. The molecule has 1 aliphatic heterocycles. The zero-order valence-electron chi connectivity index (χ0n) is 14.6. The van der Waals surface area contributed by atoms with Gasteiger partial charge in [0.1, 0.15) is 0 Å². The van der Waals surface area contributed by atoms with Gasteiger partial charge in [-0.3, -0.25) is 4.98 Å². The van der Waals surface area contributed by atoms with Crippen molar-refractivity contribution in [1.29, 1.82) is 0 Å². The highest BCUT2D eigenvalue weighted by molar-refractivity contribution is 6.62. The molecule has 2 heterocycles. The third kappa shape index (κ3) is 3.06. The third-order valence-electron chi connectivity index (χ3n) is 4.98. The highest BCUT2D eigenvalue weighted by Crippen LogP contribution is 2.36. The quantitative estimate of drug-likeness (QED) is 0.812. The fraction of sp³-hybridized carbons (Fsp3) is 0.421. The van der Waals surface area contributed by atoms with E-state index in [1.54, 1.807) is 0 Å². The minimum absolute atomic E-state index is 0.337. The van der Waals surface area contributed by atoms with Crippen LogP contribution in [0.2, 0.25) is 0 Å². The van der Waals surface area contributed by atoms with Gasteiger partial charge in [0.2, 0.25) is 0 Å². The Kier molecular flexibility index (Phi) is 4.07. The zero-order valence-corrected chi connectivity index (χ0v) is 14.6. The largest absolute Gasteiger partial charge is 0.496 e. The number of pyridine rings is 1. The second-order valence-corrected chi connectivity index (χ2v) is 7.15. The Morgan fingerprint density at radius 1 is 0.913 bits per heavy atom. The number of nitrogens with zero attached hydrogens (tertiary/aromatic N) is 1. The Morgan fingerprint density at radius 3 is 2.09 bits per heavy atom. The molecule has 23 heavy (non-hydrogen) atoms. The lowest BCUT2D eigenvalue weighted by molar-refractivity contribution is 0.00578. The predicted molar refractivity (Wildman–Crippen MR) is 94.8 cm³/mol. The van der Waals surface area contributed by atoms with E-state index >= 15 is 0 Å². The van der Waals surface area contributed by atoms with Gasteiger partial charge < -0.3 is 9.31 Å². The van der Waals surface area contributed by atoms with E-state index in [-0.39, 0.29) is 18.3 Å². The Balaban J connectivity index is 1.88. The summed E-state index contributed by atoms with van der Waals surface area (Å²) in [4.78, 5) is 4.38. The Bertz CT molecular complexity index is 679. The van der Waals surface area contributed by atoms with E-state index in [2.05, 4.69) is 69.9 Å². The number of aryl methyl sites for hydroxylation is 1. The fourth-order valence-electron chi connectivity index (χ4n) is 2.66. The summed E-state index contributed by atoms with van der Waals surface area (Å²) < 4.78 is 12.2. The van der Waals surface area contributed by atoms with Gasteiger partial charge in [-0.25, -0.2) is 0 Å². The number of aromatic nitrogens is 1. The van der Waals surface area contributed by atoms with Gasteiger partial charge in [0.25, 0.3) is 0 Å². The summed E-state index contributed by atoms with van der Waals surface area (Å²) in [7, 11) is -0.373. The number of rotatable bonds is 3. The van der Waals surface area contributed by atoms with Gasteiger partial charge in [-0.1, -0.05) is 37.3 Å². The number of benzene rings is 1. The molecule has 0 aliphatic carbocycles. The van der Waals surface area contributed by atoms with E-state index in [1.807, 2.05) is 12.4 Å². The van der Waals surface area contributed by atoms with Gasteiger partial charge in [0.05, 0.1) is 11.2 Å². The summed E-state index contributed by atoms with van der Waals surface area (Å²) in [6.45, 7) is 10.4. The van der Waals surface area contributed by atoms with E-state index in [1.165, 1.54) is 5.56 Å². The van der Waals surface area contributed by atoms with Gasteiger partial charge in [-0.05, 0) is 50.8 Å². The van der Waals surface area contributed by atoms with Crippen molar-refractivity contribution in [2.24, 2.45) is 0 Å². The molecule has 1 aromatic heterocycles. The summed E-state index contributed by atoms with van der Waals surface area (Å²) in [6, 6.07) is 10.7. The number of hydrogen-bond acceptors (Lipinski definition) is 3. The molecule has 2 aromatic rings. The van der Waals surface area contributed by atoms with E-state index in [0.717, 1.165) is 23.0 Å². The van der Waals surface area contributed by atoms with Crippen molar-refractivity contribution >= 4 is 12.6 Å². The third-order valence-corrected chi connectivity index (χ3v) is 4.98. The molecule has 0 N–H and O–H groups in total. The minimum atomic E-state index is -0.373. The van der Waals surface area contributed by atoms with Crippen LogP contribution >= 0.6 is 0 Å². The second kappa shape index (κ2) is 5.77. The van der Waals surface area contributed by atoms with Crippen LogP contribution in [-0.2, 0) is 15.7 Å². The van der Waals surface area contributed by atoms with E-state index in [4.69, 9.17) is 9.31 Å². The first-order valence-corrected chi connectivity index (χ1v) is 8.22. The van der Waals surface area contributed by atoms with Crippen LogP contribution in [0.15, 0.2) is 42.7 Å². The van der Waals surface area contributed by atoms with Gasteiger partial charge in [-0.15, -0.1) is 0 Å². The molecule has 1 saturated heterocycles. The van der Waals surface area contributed by atoms with Crippen molar-refractivity contribution in [3.63, 3.8) is 0 Å². The summed E-state index contributed by atoms with van der Waals surface area (Å²) in [5.41, 5.74) is 3.87. The molecule has 0 saturated carbocycles. The predicted octanol–water partition coefficient (Wildman–Crippen LogP) is 3.61. The average Bonchev–Trinajstić information content (AvgIpc) is 2.76. The second-order valence-electron chi connectivity index (χ2n) is 7.15. The van der Waals surface area contributed by atoms with Crippen molar-refractivity contribution in [3.05, 3.63) is 48.3 Å². The maximum Gasteiger partial charge on any atom is 0.496 e. The highest BCUT2D eigenvalue weighted by Gasteiger charge is 2.51. The van der Waals surface area contributed by atoms with E-state index in [9.17, 15) is 0 Å². The summed E-state index contributed by atoms with van der Waals surface area (Å²) in [6.07, 6.45) is 4.76. The maximum absolute atomic E-state index is 6.12. The lowest BCUT2D eigenvalue weighted by Gasteiger charge is -2.32. The molecule has 3 rings (SSSR count). The van der Waals surface area contributed by atoms with E-state index in [0.29, 0.717) is 0 Å².